The van der Waals surface area contributed by atoms with Crippen molar-refractivity contribution < 1.29 is 0 Å². The molecule has 0 aliphatic rings. The van der Waals surface area contributed by atoms with E-state index in [0.717, 1.165) is 5.56 Å². The highest BCUT2D eigenvalue weighted by molar-refractivity contribution is 5.33. The standard InChI is InChI=1S/C9H12N6/c1-6(7-2-4-11-5-3-7)12-9-13-8(10)14-15-9/h2-6H,1H3,(H4,10,12,13,14,15). The van der Waals surface area contributed by atoms with E-state index in [1.807, 2.05) is 19.1 Å². The lowest BCUT2D eigenvalue weighted by Crippen LogP contribution is -2.07. The van der Waals surface area contributed by atoms with Gasteiger partial charge in [0.15, 0.2) is 0 Å². The van der Waals surface area contributed by atoms with E-state index in [1.54, 1.807) is 12.4 Å². The summed E-state index contributed by atoms with van der Waals surface area (Å²) in [6.07, 6.45) is 3.50. The van der Waals surface area contributed by atoms with Gasteiger partial charge in [-0.1, -0.05) is 0 Å². The summed E-state index contributed by atoms with van der Waals surface area (Å²) in [5.74, 6) is 0.802. The Balaban J connectivity index is 2.07. The quantitative estimate of drug-likeness (QED) is 0.692. The van der Waals surface area contributed by atoms with Gasteiger partial charge in [0.1, 0.15) is 0 Å². The molecule has 0 amide bonds. The summed E-state index contributed by atoms with van der Waals surface area (Å²) in [7, 11) is 0. The Morgan fingerprint density at radius 2 is 2.13 bits per heavy atom. The third kappa shape index (κ3) is 2.22. The predicted octanol–water partition coefficient (Wildman–Crippen LogP) is 0.955. The number of aromatic nitrogens is 4. The topological polar surface area (TPSA) is 92.5 Å². The maximum Gasteiger partial charge on any atom is 0.244 e. The first-order valence-electron chi connectivity index (χ1n) is 4.60. The van der Waals surface area contributed by atoms with Crippen LogP contribution in [0, 0.1) is 0 Å². The maximum atomic E-state index is 5.41. The van der Waals surface area contributed by atoms with Crippen molar-refractivity contribution in [3.63, 3.8) is 0 Å². The van der Waals surface area contributed by atoms with Crippen LogP contribution in [-0.2, 0) is 0 Å². The van der Waals surface area contributed by atoms with E-state index in [-0.39, 0.29) is 6.04 Å². The van der Waals surface area contributed by atoms with E-state index >= 15 is 0 Å². The smallest absolute Gasteiger partial charge is 0.244 e. The zero-order valence-electron chi connectivity index (χ0n) is 8.31. The van der Waals surface area contributed by atoms with Gasteiger partial charge < -0.3 is 11.1 Å². The molecule has 0 radical (unpaired) electrons. The first-order chi connectivity index (χ1) is 7.25. The number of hydrogen-bond acceptors (Lipinski definition) is 5. The van der Waals surface area contributed by atoms with E-state index in [2.05, 4.69) is 25.5 Å². The summed E-state index contributed by atoms with van der Waals surface area (Å²) in [6, 6.07) is 3.99. The third-order valence-electron chi connectivity index (χ3n) is 2.05. The van der Waals surface area contributed by atoms with Gasteiger partial charge >= 0.3 is 0 Å². The molecular weight excluding hydrogens is 192 g/mol. The number of nitrogen functional groups attached to an aromatic ring is 1. The SMILES string of the molecule is CC(Nc1n[nH]c(N)n1)c1ccncc1. The average molecular weight is 204 g/mol. The molecule has 6 heteroatoms. The van der Waals surface area contributed by atoms with Gasteiger partial charge in [0.2, 0.25) is 11.9 Å². The highest BCUT2D eigenvalue weighted by Gasteiger charge is 2.07. The zero-order valence-corrected chi connectivity index (χ0v) is 8.31. The van der Waals surface area contributed by atoms with Crippen LogP contribution >= 0.6 is 0 Å². The molecule has 2 heterocycles. The molecule has 0 aliphatic carbocycles. The second-order valence-corrected chi connectivity index (χ2v) is 3.19. The summed E-state index contributed by atoms with van der Waals surface area (Å²) >= 11 is 0. The number of rotatable bonds is 3. The summed E-state index contributed by atoms with van der Waals surface area (Å²) < 4.78 is 0. The molecule has 0 saturated heterocycles. The summed E-state index contributed by atoms with van der Waals surface area (Å²) in [5, 5.41) is 9.58. The van der Waals surface area contributed by atoms with Gasteiger partial charge in [-0.05, 0) is 24.6 Å². The number of nitrogens with two attached hydrogens (primary N) is 1. The van der Waals surface area contributed by atoms with Crippen LogP contribution in [0.2, 0.25) is 0 Å². The van der Waals surface area contributed by atoms with E-state index in [0.29, 0.717) is 11.9 Å². The lowest BCUT2D eigenvalue weighted by molar-refractivity contribution is 0.859. The van der Waals surface area contributed by atoms with Crippen LogP contribution in [0.4, 0.5) is 11.9 Å². The first kappa shape index (κ1) is 9.45. The monoisotopic (exact) mass is 204 g/mol. The van der Waals surface area contributed by atoms with Crippen molar-refractivity contribution in [2.24, 2.45) is 0 Å². The molecule has 0 aliphatic heterocycles. The van der Waals surface area contributed by atoms with Gasteiger partial charge in [0, 0.05) is 12.4 Å². The van der Waals surface area contributed by atoms with Gasteiger partial charge in [-0.2, -0.15) is 4.98 Å². The fourth-order valence-corrected chi connectivity index (χ4v) is 1.27. The molecule has 0 aromatic carbocycles. The minimum atomic E-state index is 0.114. The maximum absolute atomic E-state index is 5.41. The Bertz CT molecular complexity index is 423. The van der Waals surface area contributed by atoms with Gasteiger partial charge in [-0.3, -0.25) is 4.98 Å². The molecule has 78 valence electrons. The highest BCUT2D eigenvalue weighted by Crippen LogP contribution is 2.15. The fourth-order valence-electron chi connectivity index (χ4n) is 1.27. The first-order valence-corrected chi connectivity index (χ1v) is 4.60. The zero-order chi connectivity index (χ0) is 10.7. The van der Waals surface area contributed by atoms with E-state index in [1.165, 1.54) is 0 Å². The molecule has 6 nitrogen and oxygen atoms in total. The van der Waals surface area contributed by atoms with Crippen molar-refractivity contribution in [1.29, 1.82) is 0 Å². The molecule has 1 unspecified atom stereocenters. The largest absolute Gasteiger partial charge is 0.368 e. The number of anilines is 2. The predicted molar refractivity (Wildman–Crippen MR) is 57.1 cm³/mol. The Kier molecular flexibility index (Phi) is 2.49. The van der Waals surface area contributed by atoms with Gasteiger partial charge in [0.05, 0.1) is 6.04 Å². The highest BCUT2D eigenvalue weighted by atomic mass is 15.3. The number of aromatic amines is 1. The van der Waals surface area contributed by atoms with Crippen LogP contribution in [0.15, 0.2) is 24.5 Å². The molecule has 0 saturated carbocycles. The van der Waals surface area contributed by atoms with Crippen molar-refractivity contribution >= 4 is 11.9 Å². The van der Waals surface area contributed by atoms with E-state index in [4.69, 9.17) is 5.73 Å². The van der Waals surface area contributed by atoms with Crippen molar-refractivity contribution in [2.75, 3.05) is 11.1 Å². The van der Waals surface area contributed by atoms with Gasteiger partial charge in [-0.25, -0.2) is 5.10 Å². The second-order valence-electron chi connectivity index (χ2n) is 3.19. The molecule has 0 spiro atoms. The van der Waals surface area contributed by atoms with Crippen LogP contribution in [0.25, 0.3) is 0 Å². The summed E-state index contributed by atoms with van der Waals surface area (Å²) in [6.45, 7) is 2.02. The van der Waals surface area contributed by atoms with E-state index < -0.39 is 0 Å². The lowest BCUT2D eigenvalue weighted by Gasteiger charge is -2.11. The average Bonchev–Trinajstić information content (AvgIpc) is 2.65. The Morgan fingerprint density at radius 3 is 2.73 bits per heavy atom. The minimum absolute atomic E-state index is 0.114. The van der Waals surface area contributed by atoms with Crippen LogP contribution in [0.5, 0.6) is 0 Å². The Hall–Kier alpha value is -2.11. The van der Waals surface area contributed by atoms with Gasteiger partial charge in [-0.15, -0.1) is 5.10 Å². The number of H-pyrrole nitrogens is 1. The Labute approximate surface area is 86.9 Å². The van der Waals surface area contributed by atoms with Crippen LogP contribution in [0.3, 0.4) is 0 Å². The summed E-state index contributed by atoms with van der Waals surface area (Å²) in [5.41, 5.74) is 6.53. The van der Waals surface area contributed by atoms with Crippen LogP contribution < -0.4 is 11.1 Å². The molecule has 2 rings (SSSR count). The van der Waals surface area contributed by atoms with Crippen molar-refractivity contribution in [3.05, 3.63) is 30.1 Å². The fraction of sp³-hybridized carbons (Fsp3) is 0.222. The number of nitrogens with one attached hydrogen (secondary N) is 2. The molecule has 1 atom stereocenters. The Morgan fingerprint density at radius 1 is 1.40 bits per heavy atom. The molecular formula is C9H12N6. The normalized spacial score (nSPS) is 12.3. The van der Waals surface area contributed by atoms with Crippen molar-refractivity contribution in [1.82, 2.24) is 20.2 Å². The molecule has 2 aromatic heterocycles. The molecule has 0 fully saturated rings. The summed E-state index contributed by atoms with van der Waals surface area (Å²) in [4.78, 5) is 7.91. The number of nitrogens with zero attached hydrogens (tertiary/aromatic N) is 3. The van der Waals surface area contributed by atoms with Gasteiger partial charge in [0.25, 0.3) is 0 Å². The number of pyridine rings is 1. The molecule has 2 aromatic rings. The molecule has 0 bridgehead atoms. The van der Waals surface area contributed by atoms with Crippen LogP contribution in [-0.4, -0.2) is 20.2 Å². The van der Waals surface area contributed by atoms with E-state index in [9.17, 15) is 0 Å². The second kappa shape index (κ2) is 3.95. The molecule has 4 N–H and O–H groups in total. The molecule has 15 heavy (non-hydrogen) atoms. The third-order valence-corrected chi connectivity index (χ3v) is 2.05. The van der Waals surface area contributed by atoms with Crippen molar-refractivity contribution in [2.45, 2.75) is 13.0 Å². The lowest BCUT2D eigenvalue weighted by atomic mass is 10.1. The van der Waals surface area contributed by atoms with Crippen molar-refractivity contribution in [3.8, 4) is 0 Å². The minimum Gasteiger partial charge on any atom is -0.368 e. The van der Waals surface area contributed by atoms with Crippen LogP contribution in [0.1, 0.15) is 18.5 Å². The number of hydrogen-bond donors (Lipinski definition) is 3.